The van der Waals surface area contributed by atoms with Crippen LogP contribution in [0.15, 0.2) is 61.1 Å². The number of hydrogen-bond donors (Lipinski definition) is 1. The highest BCUT2D eigenvalue weighted by atomic mass is 16.3. The molecule has 0 spiro atoms. The normalized spacial score (nSPS) is 22.4. The van der Waals surface area contributed by atoms with Crippen molar-refractivity contribution in [3.63, 3.8) is 0 Å². The molecule has 2 aliphatic heterocycles. The van der Waals surface area contributed by atoms with Gasteiger partial charge in [-0.2, -0.15) is 0 Å². The van der Waals surface area contributed by atoms with Crippen LogP contribution in [0.1, 0.15) is 11.1 Å². The Morgan fingerprint density at radius 3 is 2.47 bits per heavy atom. The second kappa shape index (κ2) is 9.32. The molecule has 32 heavy (non-hydrogen) atoms. The molecule has 2 saturated heterocycles. The molecule has 0 unspecified atom stereocenters. The first-order chi connectivity index (χ1) is 15.7. The SMILES string of the molecule is Cc1cccc(-c2ncc(CN3C[C@H](O)[C@@H](N4CCN(c5ccccn5)CC4)C3)cn2)c1. The van der Waals surface area contributed by atoms with Crippen molar-refractivity contribution in [3.8, 4) is 11.4 Å². The molecule has 2 atom stereocenters. The summed E-state index contributed by atoms with van der Waals surface area (Å²) in [7, 11) is 0. The number of pyridine rings is 1. The topological polar surface area (TPSA) is 68.6 Å². The highest BCUT2D eigenvalue weighted by Gasteiger charge is 2.36. The number of nitrogens with zero attached hydrogens (tertiary/aromatic N) is 6. The standard InChI is InChI=1S/C25H30N6O/c1-19-5-4-6-21(13-19)25-27-14-20(15-28-25)16-29-17-22(23(32)18-29)30-9-11-31(12-10-30)24-7-2-3-8-26-24/h2-8,13-15,22-23,32H,9-12,16-18H2,1H3/t22-,23-/m0/s1. The third kappa shape index (κ3) is 4.65. The van der Waals surface area contributed by atoms with E-state index in [0.29, 0.717) is 6.54 Å². The van der Waals surface area contributed by atoms with Crippen LogP contribution in [0.3, 0.4) is 0 Å². The van der Waals surface area contributed by atoms with E-state index in [1.807, 2.05) is 42.9 Å². The first-order valence-corrected chi connectivity index (χ1v) is 11.3. The number of aryl methyl sites for hydroxylation is 1. The quantitative estimate of drug-likeness (QED) is 0.666. The lowest BCUT2D eigenvalue weighted by Gasteiger charge is -2.39. The first kappa shape index (κ1) is 21.0. The van der Waals surface area contributed by atoms with Gasteiger partial charge in [0.2, 0.25) is 0 Å². The molecule has 7 nitrogen and oxygen atoms in total. The summed E-state index contributed by atoms with van der Waals surface area (Å²) in [4.78, 5) is 20.7. The summed E-state index contributed by atoms with van der Waals surface area (Å²) in [5.74, 6) is 1.79. The van der Waals surface area contributed by atoms with Gasteiger partial charge >= 0.3 is 0 Å². The Balaban J connectivity index is 1.16. The highest BCUT2D eigenvalue weighted by Crippen LogP contribution is 2.22. The van der Waals surface area contributed by atoms with Gasteiger partial charge in [0.15, 0.2) is 5.82 Å². The van der Waals surface area contributed by atoms with E-state index < -0.39 is 0 Å². The second-order valence-electron chi connectivity index (χ2n) is 8.82. The Morgan fingerprint density at radius 2 is 1.75 bits per heavy atom. The number of β-amino-alcohol motifs (C(OH)–C–C–N with tert-alkyl or cyclic N) is 1. The third-order valence-electron chi connectivity index (χ3n) is 6.48. The van der Waals surface area contributed by atoms with Crippen molar-refractivity contribution in [2.45, 2.75) is 25.6 Å². The molecule has 0 radical (unpaired) electrons. The Kier molecular flexibility index (Phi) is 6.12. The largest absolute Gasteiger partial charge is 0.390 e. The van der Waals surface area contributed by atoms with Crippen LogP contribution in [-0.2, 0) is 6.54 Å². The minimum atomic E-state index is -0.330. The number of likely N-dealkylation sites (tertiary alicyclic amines) is 1. The average Bonchev–Trinajstić information content (AvgIpc) is 3.20. The Bertz CT molecular complexity index is 1020. The molecule has 4 heterocycles. The van der Waals surface area contributed by atoms with E-state index >= 15 is 0 Å². The van der Waals surface area contributed by atoms with Crippen molar-refractivity contribution in [1.29, 1.82) is 0 Å². The van der Waals surface area contributed by atoms with Crippen LogP contribution >= 0.6 is 0 Å². The molecule has 0 saturated carbocycles. The van der Waals surface area contributed by atoms with E-state index in [1.54, 1.807) is 0 Å². The molecule has 2 aliphatic rings. The van der Waals surface area contributed by atoms with Gasteiger partial charge in [-0.3, -0.25) is 9.80 Å². The molecule has 5 rings (SSSR count). The number of anilines is 1. The third-order valence-corrected chi connectivity index (χ3v) is 6.48. The van der Waals surface area contributed by atoms with Gasteiger partial charge in [-0.05, 0) is 25.1 Å². The zero-order valence-electron chi connectivity index (χ0n) is 18.5. The van der Waals surface area contributed by atoms with E-state index in [-0.39, 0.29) is 12.1 Å². The van der Waals surface area contributed by atoms with Crippen molar-refractivity contribution in [3.05, 3.63) is 72.2 Å². The van der Waals surface area contributed by atoms with Gasteiger partial charge in [0, 0.05) is 81.6 Å². The van der Waals surface area contributed by atoms with Gasteiger partial charge in [0.05, 0.1) is 6.10 Å². The van der Waals surface area contributed by atoms with Gasteiger partial charge in [-0.25, -0.2) is 15.0 Å². The van der Waals surface area contributed by atoms with Crippen LogP contribution in [0.5, 0.6) is 0 Å². The predicted octanol–water partition coefficient (Wildman–Crippen LogP) is 2.21. The number of piperazine rings is 1. The second-order valence-corrected chi connectivity index (χ2v) is 8.82. The maximum Gasteiger partial charge on any atom is 0.159 e. The van der Waals surface area contributed by atoms with Crippen LogP contribution < -0.4 is 4.90 Å². The summed E-state index contributed by atoms with van der Waals surface area (Å²) >= 11 is 0. The van der Waals surface area contributed by atoms with E-state index in [1.165, 1.54) is 5.56 Å². The average molecular weight is 431 g/mol. The smallest absolute Gasteiger partial charge is 0.159 e. The Labute approximate surface area is 189 Å². The molecule has 1 N–H and O–H groups in total. The van der Waals surface area contributed by atoms with Gasteiger partial charge in [0.25, 0.3) is 0 Å². The first-order valence-electron chi connectivity index (χ1n) is 11.3. The maximum absolute atomic E-state index is 10.8. The van der Waals surface area contributed by atoms with Crippen molar-refractivity contribution in [2.75, 3.05) is 44.2 Å². The van der Waals surface area contributed by atoms with E-state index in [2.05, 4.69) is 54.8 Å². The minimum Gasteiger partial charge on any atom is -0.390 e. The summed E-state index contributed by atoms with van der Waals surface area (Å²) in [6, 6.07) is 14.5. The molecule has 2 fully saturated rings. The molecule has 3 aromatic rings. The lowest BCUT2D eigenvalue weighted by Crippen LogP contribution is -2.53. The van der Waals surface area contributed by atoms with E-state index in [0.717, 1.165) is 62.0 Å². The van der Waals surface area contributed by atoms with Crippen LogP contribution in [-0.4, -0.2) is 81.3 Å². The van der Waals surface area contributed by atoms with Gasteiger partial charge in [-0.1, -0.05) is 29.8 Å². The Hall–Kier alpha value is -2.87. The molecule has 0 amide bonds. The van der Waals surface area contributed by atoms with Gasteiger partial charge in [0.1, 0.15) is 5.82 Å². The summed E-state index contributed by atoms with van der Waals surface area (Å²) in [6.45, 7) is 8.15. The molecule has 0 aliphatic carbocycles. The number of hydrogen-bond acceptors (Lipinski definition) is 7. The fourth-order valence-electron chi connectivity index (χ4n) is 4.79. The number of aliphatic hydroxyl groups is 1. The highest BCUT2D eigenvalue weighted by molar-refractivity contribution is 5.55. The van der Waals surface area contributed by atoms with E-state index in [4.69, 9.17) is 0 Å². The number of rotatable bonds is 5. The van der Waals surface area contributed by atoms with Crippen LogP contribution in [0, 0.1) is 6.92 Å². The molecular formula is C25H30N6O. The molecular weight excluding hydrogens is 400 g/mol. The molecule has 1 aromatic carbocycles. The monoisotopic (exact) mass is 430 g/mol. The zero-order chi connectivity index (χ0) is 21.9. The molecule has 0 bridgehead atoms. The van der Waals surface area contributed by atoms with Crippen LogP contribution in [0.25, 0.3) is 11.4 Å². The minimum absolute atomic E-state index is 0.174. The zero-order valence-corrected chi connectivity index (χ0v) is 18.5. The molecule has 2 aromatic heterocycles. The number of aromatic nitrogens is 3. The Morgan fingerprint density at radius 1 is 0.938 bits per heavy atom. The summed E-state index contributed by atoms with van der Waals surface area (Å²) in [6.07, 6.45) is 5.34. The summed E-state index contributed by atoms with van der Waals surface area (Å²) in [5.41, 5.74) is 3.32. The maximum atomic E-state index is 10.8. The van der Waals surface area contributed by atoms with E-state index in [9.17, 15) is 5.11 Å². The lowest BCUT2D eigenvalue weighted by atomic mass is 10.1. The predicted molar refractivity (Wildman–Crippen MR) is 125 cm³/mol. The van der Waals surface area contributed by atoms with Gasteiger partial charge < -0.3 is 10.0 Å². The van der Waals surface area contributed by atoms with Crippen LogP contribution in [0.4, 0.5) is 5.82 Å². The van der Waals surface area contributed by atoms with Crippen molar-refractivity contribution >= 4 is 5.82 Å². The molecule has 166 valence electrons. The van der Waals surface area contributed by atoms with Crippen molar-refractivity contribution < 1.29 is 5.11 Å². The lowest BCUT2D eigenvalue weighted by molar-refractivity contribution is 0.0790. The van der Waals surface area contributed by atoms with Crippen LogP contribution in [0.2, 0.25) is 0 Å². The summed E-state index contributed by atoms with van der Waals surface area (Å²) < 4.78 is 0. The van der Waals surface area contributed by atoms with Crippen molar-refractivity contribution in [2.24, 2.45) is 0 Å². The number of aliphatic hydroxyl groups excluding tert-OH is 1. The van der Waals surface area contributed by atoms with Crippen molar-refractivity contribution in [1.82, 2.24) is 24.8 Å². The fraction of sp³-hybridized carbons (Fsp3) is 0.400. The number of benzene rings is 1. The van der Waals surface area contributed by atoms with Gasteiger partial charge in [-0.15, -0.1) is 0 Å². The summed E-state index contributed by atoms with van der Waals surface area (Å²) in [5, 5.41) is 10.8. The fourth-order valence-corrected chi connectivity index (χ4v) is 4.79. The molecule has 7 heteroatoms.